The number of nitriles is 1. The number of carbonyl (C=O) groups excluding carboxylic acids is 1. The van der Waals surface area contributed by atoms with Crippen LogP contribution in [0.4, 0.5) is 5.00 Å². The zero-order valence-corrected chi connectivity index (χ0v) is 12.3. The van der Waals surface area contributed by atoms with Crippen molar-refractivity contribution in [3.05, 3.63) is 16.0 Å². The topological polar surface area (TPSA) is 78.9 Å². The molecule has 3 rings (SSSR count). The predicted molar refractivity (Wildman–Crippen MR) is 79.7 cm³/mol. The fourth-order valence-electron chi connectivity index (χ4n) is 3.25. The standard InChI is InChI=1S/C15H19N3OS/c16-9-11-10-5-4-6-12(10)20-13(11)18-14(19)15(17)7-2-1-3-8-15/h1-8,17H2,(H,18,19). The van der Waals surface area contributed by atoms with E-state index in [0.717, 1.165) is 56.9 Å². The van der Waals surface area contributed by atoms with E-state index in [1.54, 1.807) is 11.3 Å². The zero-order valence-electron chi connectivity index (χ0n) is 11.5. The second-order valence-corrected chi connectivity index (χ2v) is 6.95. The Morgan fingerprint density at radius 1 is 1.25 bits per heavy atom. The van der Waals surface area contributed by atoms with E-state index in [0.29, 0.717) is 10.6 Å². The van der Waals surface area contributed by atoms with Crippen LogP contribution in [0.1, 0.15) is 54.5 Å². The molecule has 1 fully saturated rings. The van der Waals surface area contributed by atoms with Crippen molar-refractivity contribution in [2.75, 3.05) is 5.32 Å². The monoisotopic (exact) mass is 289 g/mol. The maximum Gasteiger partial charge on any atom is 0.245 e. The van der Waals surface area contributed by atoms with Crippen molar-refractivity contribution in [3.8, 4) is 6.07 Å². The van der Waals surface area contributed by atoms with Crippen molar-refractivity contribution >= 4 is 22.2 Å². The van der Waals surface area contributed by atoms with Crippen molar-refractivity contribution in [1.29, 1.82) is 5.26 Å². The van der Waals surface area contributed by atoms with Crippen LogP contribution in [-0.4, -0.2) is 11.4 Å². The third kappa shape index (κ3) is 2.23. The molecule has 2 aliphatic rings. The van der Waals surface area contributed by atoms with Gasteiger partial charge in [0.05, 0.1) is 11.1 Å². The Balaban J connectivity index is 1.81. The molecule has 1 aromatic rings. The molecule has 1 heterocycles. The summed E-state index contributed by atoms with van der Waals surface area (Å²) in [6, 6.07) is 2.25. The predicted octanol–water partition coefficient (Wildman–Crippen LogP) is 2.71. The normalized spacial score (nSPS) is 20.2. The number of nitrogens with zero attached hydrogens (tertiary/aromatic N) is 1. The maximum atomic E-state index is 12.4. The first kappa shape index (κ1) is 13.6. The zero-order chi connectivity index (χ0) is 14.2. The van der Waals surface area contributed by atoms with Crippen molar-refractivity contribution < 1.29 is 4.79 Å². The van der Waals surface area contributed by atoms with Crippen LogP contribution in [0.25, 0.3) is 0 Å². The van der Waals surface area contributed by atoms with Gasteiger partial charge in [-0.25, -0.2) is 0 Å². The Labute approximate surface area is 123 Å². The minimum Gasteiger partial charge on any atom is -0.317 e. The molecule has 4 nitrogen and oxygen atoms in total. The van der Waals surface area contributed by atoms with Gasteiger partial charge in [0.1, 0.15) is 11.1 Å². The van der Waals surface area contributed by atoms with E-state index < -0.39 is 5.54 Å². The number of thiophene rings is 1. The lowest BCUT2D eigenvalue weighted by molar-refractivity contribution is -0.122. The molecule has 0 spiro atoms. The molecule has 1 saturated carbocycles. The summed E-state index contributed by atoms with van der Waals surface area (Å²) in [5, 5.41) is 13.0. The van der Waals surface area contributed by atoms with Crippen LogP contribution in [0.2, 0.25) is 0 Å². The Morgan fingerprint density at radius 3 is 2.70 bits per heavy atom. The molecule has 2 aliphatic carbocycles. The van der Waals surface area contributed by atoms with Gasteiger partial charge in [-0.15, -0.1) is 11.3 Å². The minimum absolute atomic E-state index is 0.117. The number of rotatable bonds is 2. The third-order valence-corrected chi connectivity index (χ3v) is 5.67. The van der Waals surface area contributed by atoms with E-state index in [4.69, 9.17) is 5.73 Å². The molecule has 3 N–H and O–H groups in total. The van der Waals surface area contributed by atoms with Crippen molar-refractivity contribution in [1.82, 2.24) is 0 Å². The summed E-state index contributed by atoms with van der Waals surface area (Å²) >= 11 is 1.55. The second-order valence-electron chi connectivity index (χ2n) is 5.84. The second kappa shape index (κ2) is 5.19. The van der Waals surface area contributed by atoms with E-state index >= 15 is 0 Å². The Bertz CT molecular complexity index is 579. The molecule has 1 amide bonds. The van der Waals surface area contributed by atoms with E-state index in [1.807, 2.05) is 0 Å². The lowest BCUT2D eigenvalue weighted by atomic mass is 9.82. The largest absolute Gasteiger partial charge is 0.317 e. The number of amides is 1. The summed E-state index contributed by atoms with van der Waals surface area (Å²) in [5.74, 6) is -0.117. The molecule has 0 aromatic carbocycles. The first-order valence-corrected chi connectivity index (χ1v) is 8.11. The SMILES string of the molecule is N#Cc1c(NC(=O)C2(N)CCCCC2)sc2c1CCC2. The molecule has 0 atom stereocenters. The molecule has 0 unspecified atom stereocenters. The van der Waals surface area contributed by atoms with Crippen molar-refractivity contribution in [2.24, 2.45) is 5.73 Å². The summed E-state index contributed by atoms with van der Waals surface area (Å²) in [6.07, 6.45) is 7.76. The summed E-state index contributed by atoms with van der Waals surface area (Å²) < 4.78 is 0. The third-order valence-electron chi connectivity index (χ3n) is 4.46. The molecule has 0 radical (unpaired) electrons. The molecule has 1 aromatic heterocycles. The van der Waals surface area contributed by atoms with Crippen molar-refractivity contribution in [3.63, 3.8) is 0 Å². The molecular formula is C15H19N3OS. The van der Waals surface area contributed by atoms with Crippen LogP contribution in [0.3, 0.4) is 0 Å². The van der Waals surface area contributed by atoms with E-state index in [2.05, 4.69) is 11.4 Å². The first-order valence-electron chi connectivity index (χ1n) is 7.29. The van der Waals surface area contributed by atoms with Crippen LogP contribution >= 0.6 is 11.3 Å². The number of nitrogens with two attached hydrogens (primary N) is 1. The van der Waals surface area contributed by atoms with Gasteiger partial charge in [-0.3, -0.25) is 4.79 Å². The quantitative estimate of drug-likeness (QED) is 0.878. The highest BCUT2D eigenvalue weighted by Gasteiger charge is 2.36. The molecule has 20 heavy (non-hydrogen) atoms. The Hall–Kier alpha value is -1.38. The minimum atomic E-state index is -0.751. The highest BCUT2D eigenvalue weighted by Crippen LogP contribution is 2.39. The fraction of sp³-hybridized carbons (Fsp3) is 0.600. The average molecular weight is 289 g/mol. The molecule has 5 heteroatoms. The van der Waals surface area contributed by atoms with Gasteiger partial charge < -0.3 is 11.1 Å². The van der Waals surface area contributed by atoms with Crippen LogP contribution < -0.4 is 11.1 Å². The number of hydrogen-bond acceptors (Lipinski definition) is 4. The molecule has 106 valence electrons. The van der Waals surface area contributed by atoms with Gasteiger partial charge in [-0.1, -0.05) is 19.3 Å². The Kier molecular flexibility index (Phi) is 3.53. The molecule has 0 aliphatic heterocycles. The molecular weight excluding hydrogens is 270 g/mol. The van der Waals surface area contributed by atoms with Crippen LogP contribution in [0.5, 0.6) is 0 Å². The summed E-state index contributed by atoms with van der Waals surface area (Å²) in [5.41, 5.74) is 7.30. The van der Waals surface area contributed by atoms with Gasteiger partial charge in [0.25, 0.3) is 0 Å². The number of hydrogen-bond donors (Lipinski definition) is 2. The molecule has 0 saturated heterocycles. The summed E-state index contributed by atoms with van der Waals surface area (Å²) in [6.45, 7) is 0. The van der Waals surface area contributed by atoms with Crippen LogP contribution in [0, 0.1) is 11.3 Å². The van der Waals surface area contributed by atoms with Gasteiger partial charge in [0.15, 0.2) is 0 Å². The van der Waals surface area contributed by atoms with E-state index in [9.17, 15) is 10.1 Å². The number of anilines is 1. The summed E-state index contributed by atoms with van der Waals surface area (Å²) in [4.78, 5) is 13.7. The lowest BCUT2D eigenvalue weighted by Gasteiger charge is -2.31. The molecule has 0 bridgehead atoms. The Morgan fingerprint density at radius 2 is 2.00 bits per heavy atom. The first-order chi connectivity index (χ1) is 9.64. The van der Waals surface area contributed by atoms with Crippen molar-refractivity contribution in [2.45, 2.75) is 56.9 Å². The van der Waals surface area contributed by atoms with Gasteiger partial charge in [-0.2, -0.15) is 5.26 Å². The van der Waals surface area contributed by atoms with Gasteiger partial charge in [-0.05, 0) is 37.7 Å². The fourth-order valence-corrected chi connectivity index (χ4v) is 4.48. The lowest BCUT2D eigenvalue weighted by Crippen LogP contribution is -2.52. The van der Waals surface area contributed by atoms with Crippen LogP contribution in [-0.2, 0) is 17.6 Å². The number of nitrogens with one attached hydrogen (secondary N) is 1. The highest BCUT2D eigenvalue weighted by molar-refractivity contribution is 7.16. The number of carbonyl (C=O) groups is 1. The average Bonchev–Trinajstić information content (AvgIpc) is 2.99. The van der Waals surface area contributed by atoms with Gasteiger partial charge in [0.2, 0.25) is 5.91 Å². The smallest absolute Gasteiger partial charge is 0.245 e. The van der Waals surface area contributed by atoms with Gasteiger partial charge >= 0.3 is 0 Å². The van der Waals surface area contributed by atoms with E-state index in [-0.39, 0.29) is 5.91 Å². The van der Waals surface area contributed by atoms with E-state index in [1.165, 1.54) is 4.88 Å². The van der Waals surface area contributed by atoms with Gasteiger partial charge in [0, 0.05) is 4.88 Å². The number of fused-ring (bicyclic) bond motifs is 1. The maximum absolute atomic E-state index is 12.4. The summed E-state index contributed by atoms with van der Waals surface area (Å²) in [7, 11) is 0. The number of aryl methyl sites for hydroxylation is 1. The van der Waals surface area contributed by atoms with Crippen LogP contribution in [0.15, 0.2) is 0 Å². The highest BCUT2D eigenvalue weighted by atomic mass is 32.1.